The van der Waals surface area contributed by atoms with Crippen LogP contribution in [0.1, 0.15) is 23.1 Å². The maximum atomic E-state index is 12.2. The fourth-order valence-electron chi connectivity index (χ4n) is 2.03. The zero-order chi connectivity index (χ0) is 13.7. The van der Waals surface area contributed by atoms with Crippen molar-refractivity contribution in [2.45, 2.75) is 19.3 Å². The average molecular weight is 297 g/mol. The summed E-state index contributed by atoms with van der Waals surface area (Å²) in [7, 11) is 0. The first-order chi connectivity index (χ1) is 9.22. The first kappa shape index (κ1) is 14.4. The Hall–Kier alpha value is -1.05. The van der Waals surface area contributed by atoms with Crippen LogP contribution in [-0.4, -0.2) is 6.67 Å². The summed E-state index contributed by atoms with van der Waals surface area (Å²) >= 11 is 12.5. The van der Waals surface area contributed by atoms with Crippen LogP contribution >= 0.6 is 23.2 Å². The van der Waals surface area contributed by atoms with E-state index in [0.29, 0.717) is 22.9 Å². The third kappa shape index (κ3) is 3.71. The highest BCUT2D eigenvalue weighted by molar-refractivity contribution is 6.43. The maximum Gasteiger partial charge on any atom is 0.0897 e. The monoisotopic (exact) mass is 296 g/mol. The number of benzene rings is 2. The van der Waals surface area contributed by atoms with Gasteiger partial charge in [0.05, 0.1) is 16.7 Å². The van der Waals surface area contributed by atoms with Gasteiger partial charge in [-0.2, -0.15) is 0 Å². The van der Waals surface area contributed by atoms with Crippen LogP contribution in [0.15, 0.2) is 42.5 Å². The van der Waals surface area contributed by atoms with Gasteiger partial charge in [-0.3, -0.25) is 4.39 Å². The first-order valence-corrected chi connectivity index (χ1v) is 7.03. The fourth-order valence-corrected chi connectivity index (χ4v) is 2.56. The lowest BCUT2D eigenvalue weighted by Crippen LogP contribution is -1.94. The van der Waals surface area contributed by atoms with E-state index in [9.17, 15) is 4.39 Å². The topological polar surface area (TPSA) is 0 Å². The molecule has 0 aliphatic carbocycles. The molecule has 0 saturated heterocycles. The van der Waals surface area contributed by atoms with E-state index in [1.165, 1.54) is 5.56 Å². The smallest absolute Gasteiger partial charge is 0.0897 e. The van der Waals surface area contributed by atoms with Gasteiger partial charge in [-0.15, -0.1) is 0 Å². The molecule has 0 bridgehead atoms. The Morgan fingerprint density at radius 3 is 2.16 bits per heavy atom. The summed E-state index contributed by atoms with van der Waals surface area (Å²) in [5, 5.41) is 1.14. The van der Waals surface area contributed by atoms with Crippen molar-refractivity contribution in [3.05, 3.63) is 69.2 Å². The molecule has 0 nitrogen and oxygen atoms in total. The Labute approximate surface area is 123 Å². The van der Waals surface area contributed by atoms with Crippen molar-refractivity contribution in [1.82, 2.24) is 0 Å². The Balaban J connectivity index is 2.21. The number of hydrogen-bond donors (Lipinski definition) is 0. The third-order valence-corrected chi connectivity index (χ3v) is 4.02. The molecule has 2 aromatic carbocycles. The van der Waals surface area contributed by atoms with Crippen LogP contribution in [0.2, 0.25) is 10.0 Å². The van der Waals surface area contributed by atoms with Crippen LogP contribution in [-0.2, 0) is 12.8 Å². The Kier molecular flexibility index (Phi) is 5.24. The Morgan fingerprint density at radius 2 is 1.47 bits per heavy atom. The van der Waals surface area contributed by atoms with Gasteiger partial charge in [-0.05, 0) is 36.0 Å². The van der Waals surface area contributed by atoms with E-state index >= 15 is 0 Å². The summed E-state index contributed by atoms with van der Waals surface area (Å²) in [4.78, 5) is 0. The van der Waals surface area contributed by atoms with Crippen LogP contribution in [0, 0.1) is 0 Å². The molecule has 0 heterocycles. The van der Waals surface area contributed by atoms with Crippen LogP contribution in [0.4, 0.5) is 4.39 Å². The Bertz CT molecular complexity index is 538. The van der Waals surface area contributed by atoms with Gasteiger partial charge in [0.2, 0.25) is 0 Å². The van der Waals surface area contributed by atoms with Gasteiger partial charge in [0.25, 0.3) is 0 Å². The highest BCUT2D eigenvalue weighted by Gasteiger charge is 2.10. The molecule has 2 rings (SSSR count). The molecule has 0 atom stereocenters. The first-order valence-electron chi connectivity index (χ1n) is 6.28. The molecule has 0 fully saturated rings. The lowest BCUT2D eigenvalue weighted by atomic mass is 10.0. The maximum absolute atomic E-state index is 12.2. The lowest BCUT2D eigenvalue weighted by molar-refractivity contribution is 0.473. The lowest BCUT2D eigenvalue weighted by Gasteiger charge is -2.10. The van der Waals surface area contributed by atoms with Gasteiger partial charge >= 0.3 is 0 Å². The highest BCUT2D eigenvalue weighted by atomic mass is 35.5. The molecule has 0 amide bonds. The normalized spacial score (nSPS) is 10.7. The zero-order valence-electron chi connectivity index (χ0n) is 10.5. The van der Waals surface area contributed by atoms with Gasteiger partial charge in [-0.1, -0.05) is 65.7 Å². The van der Waals surface area contributed by atoms with E-state index in [1.807, 2.05) is 30.3 Å². The van der Waals surface area contributed by atoms with Crippen LogP contribution < -0.4 is 0 Å². The molecule has 0 unspecified atom stereocenters. The summed E-state index contributed by atoms with van der Waals surface area (Å²) in [5.41, 5.74) is 3.11. The van der Waals surface area contributed by atoms with Gasteiger partial charge in [0.1, 0.15) is 0 Å². The van der Waals surface area contributed by atoms with E-state index in [2.05, 4.69) is 12.1 Å². The quantitative estimate of drug-likeness (QED) is 0.685. The van der Waals surface area contributed by atoms with Crippen molar-refractivity contribution in [1.29, 1.82) is 0 Å². The largest absolute Gasteiger partial charge is 0.251 e. The van der Waals surface area contributed by atoms with Crippen molar-refractivity contribution in [2.75, 3.05) is 6.67 Å². The minimum Gasteiger partial charge on any atom is -0.251 e. The van der Waals surface area contributed by atoms with E-state index in [1.54, 1.807) is 0 Å². The molecule has 0 spiro atoms. The van der Waals surface area contributed by atoms with Crippen molar-refractivity contribution < 1.29 is 4.39 Å². The fraction of sp³-hybridized carbons (Fsp3) is 0.250. The van der Waals surface area contributed by atoms with E-state index < -0.39 is 0 Å². The molecule has 0 N–H and O–H groups in total. The van der Waals surface area contributed by atoms with Crippen LogP contribution in [0.5, 0.6) is 0 Å². The number of hydrogen-bond acceptors (Lipinski definition) is 0. The van der Waals surface area contributed by atoms with Gasteiger partial charge in [0.15, 0.2) is 0 Å². The van der Waals surface area contributed by atoms with Crippen molar-refractivity contribution in [3.8, 4) is 0 Å². The molecular formula is C16H15Cl2F. The number of halogens is 3. The van der Waals surface area contributed by atoms with Crippen molar-refractivity contribution in [3.63, 3.8) is 0 Å². The molecule has 0 aliphatic rings. The third-order valence-electron chi connectivity index (χ3n) is 3.06. The van der Waals surface area contributed by atoms with E-state index in [-0.39, 0.29) is 6.67 Å². The SMILES string of the molecule is FCCCc1ccc(Cc2ccccc2)c(Cl)c1Cl. The summed E-state index contributed by atoms with van der Waals surface area (Å²) < 4.78 is 12.2. The second kappa shape index (κ2) is 6.93. The zero-order valence-corrected chi connectivity index (χ0v) is 12.0. The van der Waals surface area contributed by atoms with Crippen molar-refractivity contribution in [2.24, 2.45) is 0 Å². The molecule has 0 radical (unpaired) electrons. The minimum absolute atomic E-state index is 0.334. The predicted molar refractivity (Wildman–Crippen MR) is 80.0 cm³/mol. The van der Waals surface area contributed by atoms with Crippen LogP contribution in [0.25, 0.3) is 0 Å². The second-order valence-corrected chi connectivity index (χ2v) is 5.22. The molecule has 0 aliphatic heterocycles. The molecule has 0 saturated carbocycles. The molecule has 100 valence electrons. The molecule has 3 heteroatoms. The summed E-state index contributed by atoms with van der Waals surface area (Å²) in [6, 6.07) is 14.0. The number of rotatable bonds is 5. The molecule has 0 aromatic heterocycles. The molecule has 2 aromatic rings. The highest BCUT2D eigenvalue weighted by Crippen LogP contribution is 2.31. The summed E-state index contributed by atoms with van der Waals surface area (Å²) in [6.07, 6.45) is 1.86. The van der Waals surface area contributed by atoms with E-state index in [4.69, 9.17) is 23.2 Å². The van der Waals surface area contributed by atoms with Gasteiger partial charge in [-0.25, -0.2) is 0 Å². The standard InChI is InChI=1S/C16H15Cl2F/c17-15-13(7-4-10-19)8-9-14(16(15)18)11-12-5-2-1-3-6-12/h1-3,5-6,8-9H,4,7,10-11H2. The molecule has 19 heavy (non-hydrogen) atoms. The van der Waals surface area contributed by atoms with Gasteiger partial charge < -0.3 is 0 Å². The van der Waals surface area contributed by atoms with Crippen molar-refractivity contribution >= 4 is 23.2 Å². The number of alkyl halides is 1. The van der Waals surface area contributed by atoms with Crippen LogP contribution in [0.3, 0.4) is 0 Å². The molecular weight excluding hydrogens is 282 g/mol. The summed E-state index contributed by atoms with van der Waals surface area (Å²) in [5.74, 6) is 0. The average Bonchev–Trinajstić information content (AvgIpc) is 2.44. The number of aryl methyl sites for hydroxylation is 1. The Morgan fingerprint density at radius 1 is 0.842 bits per heavy atom. The minimum atomic E-state index is -0.334. The second-order valence-electron chi connectivity index (χ2n) is 4.47. The van der Waals surface area contributed by atoms with Gasteiger partial charge in [0, 0.05) is 0 Å². The van der Waals surface area contributed by atoms with E-state index in [0.717, 1.165) is 17.5 Å². The predicted octanol–water partition coefficient (Wildman–Crippen LogP) is 5.49. The summed E-state index contributed by atoms with van der Waals surface area (Å²) in [6.45, 7) is -0.334.